The second kappa shape index (κ2) is 7.16. The molecule has 4 N–H and O–H groups in total. The van der Waals surface area contributed by atoms with E-state index >= 15 is 0 Å². The van der Waals surface area contributed by atoms with Crippen molar-refractivity contribution in [1.29, 1.82) is 0 Å². The minimum absolute atomic E-state index is 0.00629. The standard InChI is InChI=1S/C19H21F2N3O3S/c20-13-2-4-17(21)16(6-13)19-18(22)7-14(10-27-19)24-8-11-1-3-15(28(23,25)26)5-12(11)9-24/h1-6,14,18-19H,7-10,22H2,(H2,23,25,26)/t14-,18+,19-/m1/s1. The molecular weight excluding hydrogens is 388 g/mol. The SMILES string of the molecule is N[C@H]1C[C@@H](N2Cc3ccc(S(N)(=O)=O)cc3C2)CO[C@@H]1c1cc(F)ccc1F. The topological polar surface area (TPSA) is 98.6 Å². The molecule has 0 aliphatic carbocycles. The summed E-state index contributed by atoms with van der Waals surface area (Å²) in [6.07, 6.45) is -0.151. The molecule has 0 spiro atoms. The van der Waals surface area contributed by atoms with Crippen LogP contribution in [-0.4, -0.2) is 32.0 Å². The molecule has 0 unspecified atom stereocenters. The van der Waals surface area contributed by atoms with Crippen LogP contribution in [0.25, 0.3) is 0 Å². The van der Waals surface area contributed by atoms with Crippen molar-refractivity contribution in [1.82, 2.24) is 4.90 Å². The molecule has 3 atom stereocenters. The number of fused-ring (bicyclic) bond motifs is 1. The van der Waals surface area contributed by atoms with Gasteiger partial charge in [0.2, 0.25) is 10.0 Å². The van der Waals surface area contributed by atoms with Crippen molar-refractivity contribution in [3.8, 4) is 0 Å². The zero-order chi connectivity index (χ0) is 20.1. The van der Waals surface area contributed by atoms with Crippen LogP contribution in [0.5, 0.6) is 0 Å². The second-order valence-corrected chi connectivity index (χ2v) is 8.92. The van der Waals surface area contributed by atoms with Gasteiger partial charge in [-0.05, 0) is 47.9 Å². The van der Waals surface area contributed by atoms with Crippen molar-refractivity contribution in [2.45, 2.75) is 42.6 Å². The molecule has 0 aromatic heterocycles. The maximum atomic E-state index is 14.1. The Morgan fingerprint density at radius 2 is 1.82 bits per heavy atom. The minimum Gasteiger partial charge on any atom is -0.370 e. The lowest BCUT2D eigenvalue weighted by atomic mass is 9.93. The molecule has 2 aromatic carbocycles. The Bertz CT molecular complexity index is 1020. The van der Waals surface area contributed by atoms with Crippen molar-refractivity contribution < 1.29 is 21.9 Å². The third-order valence-corrected chi connectivity index (χ3v) is 6.35. The first-order valence-electron chi connectivity index (χ1n) is 8.93. The molecule has 6 nitrogen and oxygen atoms in total. The molecule has 4 rings (SSSR count). The highest BCUT2D eigenvalue weighted by atomic mass is 32.2. The third-order valence-electron chi connectivity index (χ3n) is 5.44. The van der Waals surface area contributed by atoms with E-state index in [9.17, 15) is 17.2 Å². The molecule has 1 fully saturated rings. The van der Waals surface area contributed by atoms with Gasteiger partial charge in [0.05, 0.1) is 11.5 Å². The molecule has 2 heterocycles. The van der Waals surface area contributed by atoms with Gasteiger partial charge in [-0.25, -0.2) is 22.3 Å². The van der Waals surface area contributed by atoms with Gasteiger partial charge in [0.25, 0.3) is 0 Å². The average molecular weight is 409 g/mol. The summed E-state index contributed by atoms with van der Waals surface area (Å²) in [6.45, 7) is 1.52. The van der Waals surface area contributed by atoms with E-state index in [1.165, 1.54) is 6.07 Å². The quantitative estimate of drug-likeness (QED) is 0.805. The van der Waals surface area contributed by atoms with Gasteiger partial charge in [-0.3, -0.25) is 4.90 Å². The van der Waals surface area contributed by atoms with Crippen LogP contribution in [0.3, 0.4) is 0 Å². The number of sulfonamides is 1. The predicted molar refractivity (Wildman–Crippen MR) is 98.5 cm³/mol. The van der Waals surface area contributed by atoms with E-state index in [0.717, 1.165) is 29.3 Å². The maximum Gasteiger partial charge on any atom is 0.238 e. The van der Waals surface area contributed by atoms with E-state index in [-0.39, 0.29) is 16.5 Å². The number of nitrogens with zero attached hydrogens (tertiary/aromatic N) is 1. The largest absolute Gasteiger partial charge is 0.370 e. The number of ether oxygens (including phenoxy) is 1. The Labute approximate surface area is 162 Å². The fourth-order valence-corrected chi connectivity index (χ4v) is 4.55. The number of hydrogen-bond donors (Lipinski definition) is 2. The Morgan fingerprint density at radius 1 is 1.07 bits per heavy atom. The molecule has 0 saturated carbocycles. The molecule has 0 bridgehead atoms. The molecule has 0 amide bonds. The van der Waals surface area contributed by atoms with Crippen LogP contribution in [-0.2, 0) is 27.8 Å². The van der Waals surface area contributed by atoms with Crippen molar-refractivity contribution in [2.75, 3.05) is 6.61 Å². The van der Waals surface area contributed by atoms with Gasteiger partial charge in [-0.1, -0.05) is 6.07 Å². The van der Waals surface area contributed by atoms with Crippen LogP contribution < -0.4 is 10.9 Å². The number of rotatable bonds is 3. The molecule has 2 aromatic rings. The highest BCUT2D eigenvalue weighted by molar-refractivity contribution is 7.89. The molecule has 1 saturated heterocycles. The summed E-state index contributed by atoms with van der Waals surface area (Å²) in [5, 5.41) is 5.20. The summed E-state index contributed by atoms with van der Waals surface area (Å²) in [5.74, 6) is -1.07. The predicted octanol–water partition coefficient (Wildman–Crippen LogP) is 1.79. The first kappa shape index (κ1) is 19.4. The fourth-order valence-electron chi connectivity index (χ4n) is 3.98. The van der Waals surface area contributed by atoms with E-state index in [0.29, 0.717) is 26.1 Å². The van der Waals surface area contributed by atoms with Gasteiger partial charge in [-0.15, -0.1) is 0 Å². The van der Waals surface area contributed by atoms with Crippen LogP contribution in [0.1, 0.15) is 29.2 Å². The average Bonchev–Trinajstić information content (AvgIpc) is 3.06. The lowest BCUT2D eigenvalue weighted by Gasteiger charge is -2.38. The van der Waals surface area contributed by atoms with Gasteiger partial charge in [0, 0.05) is 30.7 Å². The zero-order valence-corrected chi connectivity index (χ0v) is 15.8. The van der Waals surface area contributed by atoms with Gasteiger partial charge in [-0.2, -0.15) is 0 Å². The van der Waals surface area contributed by atoms with E-state index in [4.69, 9.17) is 15.6 Å². The van der Waals surface area contributed by atoms with Crippen LogP contribution in [0.2, 0.25) is 0 Å². The van der Waals surface area contributed by atoms with E-state index in [1.807, 2.05) is 0 Å². The molecular formula is C19H21F2N3O3S. The van der Waals surface area contributed by atoms with Crippen LogP contribution in [0.15, 0.2) is 41.3 Å². The Hall–Kier alpha value is -1.91. The Balaban J connectivity index is 1.47. The Morgan fingerprint density at radius 3 is 2.54 bits per heavy atom. The first-order valence-corrected chi connectivity index (χ1v) is 10.5. The van der Waals surface area contributed by atoms with Crippen molar-refractivity contribution in [3.63, 3.8) is 0 Å². The number of nitrogens with two attached hydrogens (primary N) is 2. The first-order chi connectivity index (χ1) is 13.2. The lowest BCUT2D eigenvalue weighted by molar-refractivity contribution is -0.0531. The molecule has 2 aliphatic rings. The molecule has 0 radical (unpaired) electrons. The molecule has 150 valence electrons. The van der Waals surface area contributed by atoms with Crippen molar-refractivity contribution in [3.05, 3.63) is 64.7 Å². The second-order valence-electron chi connectivity index (χ2n) is 7.35. The van der Waals surface area contributed by atoms with Crippen molar-refractivity contribution in [2.24, 2.45) is 10.9 Å². The summed E-state index contributed by atoms with van der Waals surface area (Å²) in [7, 11) is -3.75. The summed E-state index contributed by atoms with van der Waals surface area (Å²) in [6, 6.07) is 7.64. The summed E-state index contributed by atoms with van der Waals surface area (Å²) >= 11 is 0. The lowest BCUT2D eigenvalue weighted by Crippen LogP contribution is -2.47. The number of halogens is 2. The molecule has 2 aliphatic heterocycles. The van der Waals surface area contributed by atoms with Gasteiger partial charge in [0.15, 0.2) is 0 Å². The number of benzene rings is 2. The number of primary sulfonamides is 1. The number of hydrogen-bond acceptors (Lipinski definition) is 5. The molecule has 9 heteroatoms. The minimum atomic E-state index is -3.75. The highest BCUT2D eigenvalue weighted by Crippen LogP contribution is 2.34. The maximum absolute atomic E-state index is 14.1. The Kier molecular flexibility index (Phi) is 4.96. The van der Waals surface area contributed by atoms with Crippen molar-refractivity contribution >= 4 is 10.0 Å². The normalized spacial score (nSPS) is 25.6. The monoisotopic (exact) mass is 409 g/mol. The third kappa shape index (κ3) is 3.68. The summed E-state index contributed by atoms with van der Waals surface area (Å²) in [5.41, 5.74) is 8.30. The van der Waals surface area contributed by atoms with E-state index in [1.54, 1.807) is 12.1 Å². The van der Waals surface area contributed by atoms with E-state index in [2.05, 4.69) is 4.90 Å². The summed E-state index contributed by atoms with van der Waals surface area (Å²) < 4.78 is 56.5. The fraction of sp³-hybridized carbons (Fsp3) is 0.368. The van der Waals surface area contributed by atoms with Gasteiger partial charge in [0.1, 0.15) is 17.7 Å². The van der Waals surface area contributed by atoms with Gasteiger partial charge < -0.3 is 10.5 Å². The smallest absolute Gasteiger partial charge is 0.238 e. The zero-order valence-electron chi connectivity index (χ0n) is 15.0. The van der Waals surface area contributed by atoms with Crippen LogP contribution >= 0.6 is 0 Å². The molecule has 28 heavy (non-hydrogen) atoms. The highest BCUT2D eigenvalue weighted by Gasteiger charge is 2.36. The van der Waals surface area contributed by atoms with Crippen LogP contribution in [0.4, 0.5) is 8.78 Å². The van der Waals surface area contributed by atoms with Crippen LogP contribution in [0, 0.1) is 11.6 Å². The van der Waals surface area contributed by atoms with Gasteiger partial charge >= 0.3 is 0 Å². The van der Waals surface area contributed by atoms with E-state index < -0.39 is 33.8 Å². The summed E-state index contributed by atoms with van der Waals surface area (Å²) in [4.78, 5) is 2.24.